The molecule has 2 aromatic heterocycles. The summed E-state index contributed by atoms with van der Waals surface area (Å²) in [7, 11) is 0. The van der Waals surface area contributed by atoms with E-state index in [2.05, 4.69) is 5.10 Å². The summed E-state index contributed by atoms with van der Waals surface area (Å²) in [6.07, 6.45) is 7.08. The van der Waals surface area contributed by atoms with Crippen LogP contribution in [0.15, 0.2) is 35.0 Å². The average molecular weight is 370 g/mol. The van der Waals surface area contributed by atoms with E-state index in [0.29, 0.717) is 31.0 Å². The minimum absolute atomic E-state index is 0.0301. The van der Waals surface area contributed by atoms with Crippen molar-refractivity contribution in [1.82, 2.24) is 19.6 Å². The summed E-state index contributed by atoms with van der Waals surface area (Å²) in [5, 5.41) is 4.16. The summed E-state index contributed by atoms with van der Waals surface area (Å²) in [4.78, 5) is 28.9. The zero-order chi connectivity index (χ0) is 18.9. The van der Waals surface area contributed by atoms with E-state index in [9.17, 15) is 9.59 Å². The highest BCUT2D eigenvalue weighted by molar-refractivity contribution is 5.91. The summed E-state index contributed by atoms with van der Waals surface area (Å²) in [6, 6.07) is 5.45. The van der Waals surface area contributed by atoms with E-state index in [1.54, 1.807) is 16.9 Å². The second kappa shape index (κ2) is 7.21. The summed E-state index contributed by atoms with van der Waals surface area (Å²) in [6.45, 7) is 5.48. The highest BCUT2D eigenvalue weighted by Crippen LogP contribution is 2.39. The molecule has 4 heterocycles. The summed E-state index contributed by atoms with van der Waals surface area (Å²) < 4.78 is 7.56. The monoisotopic (exact) mass is 370 g/mol. The second-order valence-electron chi connectivity index (χ2n) is 7.71. The lowest BCUT2D eigenvalue weighted by Gasteiger charge is -2.48. The molecule has 2 amide bonds. The Kier molecular flexibility index (Phi) is 4.76. The largest absolute Gasteiger partial charge is 0.454 e. The SMILES string of the molecule is CCN1C[C@@]2(CCCN(C(=O)c3ccc(Cn4cccn4)o3)C2)CCC1=O. The van der Waals surface area contributed by atoms with Crippen molar-refractivity contribution < 1.29 is 14.0 Å². The molecule has 1 spiro atoms. The number of rotatable bonds is 4. The highest BCUT2D eigenvalue weighted by Gasteiger charge is 2.42. The molecule has 0 saturated carbocycles. The molecule has 4 rings (SSSR count). The fraction of sp³-hybridized carbons (Fsp3) is 0.550. The van der Waals surface area contributed by atoms with Crippen molar-refractivity contribution in [2.75, 3.05) is 26.2 Å². The summed E-state index contributed by atoms with van der Waals surface area (Å²) in [5.41, 5.74) is 0.0301. The third kappa shape index (κ3) is 3.63. The van der Waals surface area contributed by atoms with Crippen molar-refractivity contribution in [2.24, 2.45) is 5.41 Å². The number of carbonyl (C=O) groups excluding carboxylic acids is 2. The number of furan rings is 1. The predicted molar refractivity (Wildman–Crippen MR) is 99.1 cm³/mol. The maximum Gasteiger partial charge on any atom is 0.289 e. The van der Waals surface area contributed by atoms with E-state index >= 15 is 0 Å². The summed E-state index contributed by atoms with van der Waals surface area (Å²) >= 11 is 0. The molecule has 1 atom stereocenters. The van der Waals surface area contributed by atoms with Crippen molar-refractivity contribution in [3.05, 3.63) is 42.1 Å². The first-order valence-electron chi connectivity index (χ1n) is 9.72. The third-order valence-electron chi connectivity index (χ3n) is 5.83. The molecule has 0 unspecified atom stereocenters. The Balaban J connectivity index is 1.44. The van der Waals surface area contributed by atoms with Gasteiger partial charge >= 0.3 is 0 Å². The van der Waals surface area contributed by atoms with Crippen LogP contribution in [0, 0.1) is 5.41 Å². The van der Waals surface area contributed by atoms with E-state index < -0.39 is 0 Å². The van der Waals surface area contributed by atoms with E-state index in [4.69, 9.17) is 4.42 Å². The molecule has 2 aromatic rings. The van der Waals surface area contributed by atoms with Gasteiger partial charge in [-0.25, -0.2) is 0 Å². The molecule has 2 aliphatic heterocycles. The van der Waals surface area contributed by atoms with E-state index in [0.717, 1.165) is 38.9 Å². The van der Waals surface area contributed by atoms with Crippen LogP contribution in [-0.4, -0.2) is 57.6 Å². The molecule has 2 fully saturated rings. The Morgan fingerprint density at radius 1 is 1.30 bits per heavy atom. The maximum absolute atomic E-state index is 13.0. The van der Waals surface area contributed by atoms with Crippen LogP contribution in [0.2, 0.25) is 0 Å². The van der Waals surface area contributed by atoms with Gasteiger partial charge in [-0.2, -0.15) is 5.10 Å². The molecular weight excluding hydrogens is 344 g/mol. The van der Waals surface area contributed by atoms with Crippen LogP contribution in [0.4, 0.5) is 0 Å². The molecule has 2 aliphatic rings. The van der Waals surface area contributed by atoms with Crippen LogP contribution >= 0.6 is 0 Å². The van der Waals surface area contributed by atoms with Gasteiger partial charge in [-0.05, 0) is 44.4 Å². The van der Waals surface area contributed by atoms with Crippen LogP contribution < -0.4 is 0 Å². The first-order valence-corrected chi connectivity index (χ1v) is 9.72. The molecule has 0 aromatic carbocycles. The topological polar surface area (TPSA) is 71.6 Å². The van der Waals surface area contributed by atoms with Crippen molar-refractivity contribution in [1.29, 1.82) is 0 Å². The number of amides is 2. The van der Waals surface area contributed by atoms with E-state index in [1.165, 1.54) is 0 Å². The van der Waals surface area contributed by atoms with Gasteiger partial charge < -0.3 is 14.2 Å². The fourth-order valence-electron chi connectivity index (χ4n) is 4.39. The molecule has 0 bridgehead atoms. The molecule has 144 valence electrons. The Bertz CT molecular complexity index is 813. The quantitative estimate of drug-likeness (QED) is 0.828. The number of hydrogen-bond acceptors (Lipinski definition) is 4. The second-order valence-corrected chi connectivity index (χ2v) is 7.71. The van der Waals surface area contributed by atoms with Gasteiger partial charge in [-0.1, -0.05) is 0 Å². The molecule has 7 nitrogen and oxygen atoms in total. The summed E-state index contributed by atoms with van der Waals surface area (Å²) in [5.74, 6) is 1.28. The Hall–Kier alpha value is -2.57. The number of likely N-dealkylation sites (tertiary alicyclic amines) is 2. The minimum Gasteiger partial charge on any atom is -0.454 e. The third-order valence-corrected chi connectivity index (χ3v) is 5.83. The molecule has 27 heavy (non-hydrogen) atoms. The van der Waals surface area contributed by atoms with Crippen molar-refractivity contribution >= 4 is 11.8 Å². The maximum atomic E-state index is 13.0. The Morgan fingerprint density at radius 2 is 2.19 bits per heavy atom. The van der Waals surface area contributed by atoms with Gasteiger partial charge in [0.1, 0.15) is 5.76 Å². The molecule has 2 saturated heterocycles. The number of nitrogens with zero attached hydrogens (tertiary/aromatic N) is 4. The van der Waals surface area contributed by atoms with Crippen LogP contribution in [0.1, 0.15) is 48.9 Å². The van der Waals surface area contributed by atoms with Crippen LogP contribution in [-0.2, 0) is 11.3 Å². The first-order chi connectivity index (χ1) is 13.1. The van der Waals surface area contributed by atoms with Crippen molar-refractivity contribution in [3.8, 4) is 0 Å². The van der Waals surface area contributed by atoms with Gasteiger partial charge in [-0.3, -0.25) is 14.3 Å². The average Bonchev–Trinajstić information content (AvgIpc) is 3.36. The normalized spacial score (nSPS) is 23.2. The smallest absolute Gasteiger partial charge is 0.289 e. The molecule has 7 heteroatoms. The molecule has 0 aliphatic carbocycles. The molecular formula is C20H26N4O3. The van der Waals surface area contributed by atoms with Gasteiger partial charge in [-0.15, -0.1) is 0 Å². The fourth-order valence-corrected chi connectivity index (χ4v) is 4.39. The zero-order valence-corrected chi connectivity index (χ0v) is 15.8. The minimum atomic E-state index is -0.0549. The van der Waals surface area contributed by atoms with Crippen molar-refractivity contribution in [2.45, 2.75) is 39.2 Å². The van der Waals surface area contributed by atoms with Crippen LogP contribution in [0.3, 0.4) is 0 Å². The zero-order valence-electron chi connectivity index (χ0n) is 15.8. The number of aromatic nitrogens is 2. The lowest BCUT2D eigenvalue weighted by molar-refractivity contribution is -0.138. The highest BCUT2D eigenvalue weighted by atomic mass is 16.4. The molecule has 0 N–H and O–H groups in total. The molecule has 0 radical (unpaired) electrons. The van der Waals surface area contributed by atoms with Gasteiger partial charge in [0.2, 0.25) is 5.91 Å². The van der Waals surface area contributed by atoms with E-state index in [-0.39, 0.29) is 17.2 Å². The number of hydrogen-bond donors (Lipinski definition) is 0. The van der Waals surface area contributed by atoms with E-state index in [1.807, 2.05) is 35.1 Å². The Morgan fingerprint density at radius 3 is 2.96 bits per heavy atom. The van der Waals surface area contributed by atoms with Gasteiger partial charge in [0.05, 0.1) is 6.54 Å². The standard InChI is InChI=1S/C20H26N4O3/c1-2-22-14-20(9-7-18(22)25)8-3-11-23(15-20)19(26)17-6-5-16(27-17)13-24-12-4-10-21-24/h4-6,10,12H,2-3,7-9,11,13-15H2,1H3/t20-/m1/s1. The van der Waals surface area contributed by atoms with Gasteiger partial charge in [0, 0.05) is 50.4 Å². The number of carbonyl (C=O) groups is 2. The number of piperidine rings is 2. The lowest BCUT2D eigenvalue weighted by Crippen LogP contribution is -2.55. The van der Waals surface area contributed by atoms with Gasteiger partial charge in [0.15, 0.2) is 5.76 Å². The van der Waals surface area contributed by atoms with Crippen LogP contribution in [0.5, 0.6) is 0 Å². The Labute approximate surface area is 158 Å². The van der Waals surface area contributed by atoms with Crippen LogP contribution in [0.25, 0.3) is 0 Å². The first kappa shape index (κ1) is 17.8. The predicted octanol–water partition coefficient (Wildman–Crippen LogP) is 2.39. The van der Waals surface area contributed by atoms with Gasteiger partial charge in [0.25, 0.3) is 5.91 Å². The van der Waals surface area contributed by atoms with Crippen molar-refractivity contribution in [3.63, 3.8) is 0 Å². The lowest BCUT2D eigenvalue weighted by atomic mass is 9.73.